The van der Waals surface area contributed by atoms with Gasteiger partial charge in [-0.3, -0.25) is 0 Å². The summed E-state index contributed by atoms with van der Waals surface area (Å²) in [4.78, 5) is 0. The monoisotopic (exact) mass is 398 g/mol. The lowest BCUT2D eigenvalue weighted by atomic mass is 9.91. The summed E-state index contributed by atoms with van der Waals surface area (Å²) in [5.41, 5.74) is 6.74. The molecular formula is C27H27FSi. The molecule has 0 saturated heterocycles. The Morgan fingerprint density at radius 3 is 1.72 bits per heavy atom. The van der Waals surface area contributed by atoms with Crippen molar-refractivity contribution in [1.29, 1.82) is 0 Å². The fourth-order valence-corrected chi connectivity index (χ4v) is 8.01. The van der Waals surface area contributed by atoms with Crippen molar-refractivity contribution < 1.29 is 4.39 Å². The Bertz CT molecular complexity index is 1010. The third-order valence-electron chi connectivity index (χ3n) is 6.46. The number of benzene rings is 3. The van der Waals surface area contributed by atoms with E-state index in [9.17, 15) is 4.39 Å². The lowest BCUT2D eigenvalue weighted by Crippen LogP contribution is -2.43. The Labute approximate surface area is 175 Å². The van der Waals surface area contributed by atoms with E-state index in [0.717, 1.165) is 11.6 Å². The molecule has 0 saturated carbocycles. The molecule has 0 aliphatic heterocycles. The average molecular weight is 399 g/mol. The highest BCUT2D eigenvalue weighted by Gasteiger charge is 2.32. The summed E-state index contributed by atoms with van der Waals surface area (Å²) in [5.74, 6) is 0.210. The Morgan fingerprint density at radius 2 is 1.21 bits per heavy atom. The summed E-state index contributed by atoms with van der Waals surface area (Å²) in [5, 5.41) is 2.96. The zero-order valence-electron chi connectivity index (χ0n) is 17.3. The zero-order chi connectivity index (χ0) is 20.4. The number of hydrogen-bond donors (Lipinski definition) is 0. The van der Waals surface area contributed by atoms with Crippen molar-refractivity contribution in [1.82, 2.24) is 0 Å². The van der Waals surface area contributed by atoms with Crippen molar-refractivity contribution in [2.75, 3.05) is 0 Å². The highest BCUT2D eigenvalue weighted by molar-refractivity contribution is 6.85. The largest absolute Gasteiger partial charge is 0.207 e. The summed E-state index contributed by atoms with van der Waals surface area (Å²) in [6.07, 6.45) is 0. The van der Waals surface area contributed by atoms with Crippen LogP contribution in [0.1, 0.15) is 26.3 Å². The molecule has 1 atom stereocenters. The fraction of sp³-hybridized carbons (Fsp3) is 0.185. The maximum atomic E-state index is 13.6. The molecule has 4 rings (SSSR count). The first-order valence-corrected chi connectivity index (χ1v) is 12.3. The Hall–Kier alpha value is -2.71. The van der Waals surface area contributed by atoms with Crippen LogP contribution in [0.5, 0.6) is 0 Å². The van der Waals surface area contributed by atoms with E-state index in [2.05, 4.69) is 81.4 Å². The van der Waals surface area contributed by atoms with Gasteiger partial charge in [0.2, 0.25) is 0 Å². The molecule has 2 heteroatoms. The molecule has 0 nitrogen and oxygen atoms in total. The molecule has 3 aromatic rings. The van der Waals surface area contributed by atoms with Crippen LogP contribution in [0.2, 0.25) is 6.04 Å². The Balaban J connectivity index is 1.77. The van der Waals surface area contributed by atoms with Crippen molar-refractivity contribution in [2.45, 2.75) is 26.8 Å². The van der Waals surface area contributed by atoms with Crippen LogP contribution in [0.25, 0.3) is 5.57 Å². The molecule has 1 aliphatic carbocycles. The minimum absolute atomic E-state index is 0.177. The van der Waals surface area contributed by atoms with Crippen molar-refractivity contribution >= 4 is 24.7 Å². The first-order valence-electron chi connectivity index (χ1n) is 10.3. The summed E-state index contributed by atoms with van der Waals surface area (Å²) in [6.45, 7) is 6.73. The predicted molar refractivity (Wildman–Crippen MR) is 125 cm³/mol. The molecule has 29 heavy (non-hydrogen) atoms. The normalized spacial score (nSPS) is 16.8. The summed E-state index contributed by atoms with van der Waals surface area (Å²) in [6, 6.07) is 30.2. The van der Waals surface area contributed by atoms with Crippen LogP contribution in [0.4, 0.5) is 4.39 Å². The molecule has 0 bridgehead atoms. The maximum absolute atomic E-state index is 13.6. The Kier molecular flexibility index (Phi) is 5.64. The fourth-order valence-electron chi connectivity index (χ4n) is 4.65. The van der Waals surface area contributed by atoms with Crippen molar-refractivity contribution in [3.05, 3.63) is 113 Å². The van der Waals surface area contributed by atoms with Crippen LogP contribution in [-0.2, 0) is 0 Å². The molecule has 0 amide bonds. The second kappa shape index (κ2) is 8.34. The average Bonchev–Trinajstić information content (AvgIpc) is 2.97. The highest BCUT2D eigenvalue weighted by Crippen LogP contribution is 2.45. The van der Waals surface area contributed by atoms with Crippen LogP contribution in [0, 0.1) is 11.7 Å². The number of hydrogen-bond acceptors (Lipinski definition) is 0. The minimum Gasteiger partial charge on any atom is -0.207 e. The van der Waals surface area contributed by atoms with Gasteiger partial charge in [-0.25, -0.2) is 4.39 Å². The molecule has 1 unspecified atom stereocenters. The number of rotatable bonds is 5. The summed E-state index contributed by atoms with van der Waals surface area (Å²) in [7, 11) is -1.41. The van der Waals surface area contributed by atoms with Crippen molar-refractivity contribution in [3.63, 3.8) is 0 Å². The van der Waals surface area contributed by atoms with Gasteiger partial charge in [0.1, 0.15) is 14.6 Å². The van der Waals surface area contributed by atoms with Gasteiger partial charge >= 0.3 is 0 Å². The SMILES string of the molecule is CC1=C(C)C(C[SiH](c2ccccc2)c2ccccc2)C(c2ccc(F)cc2)=C1C. The smallest absolute Gasteiger partial charge is 0.123 e. The summed E-state index contributed by atoms with van der Waals surface area (Å²) >= 11 is 0. The second-order valence-electron chi connectivity index (χ2n) is 8.02. The predicted octanol–water partition coefficient (Wildman–Crippen LogP) is 5.61. The van der Waals surface area contributed by atoms with Gasteiger partial charge in [0.25, 0.3) is 0 Å². The van der Waals surface area contributed by atoms with Gasteiger partial charge in [-0.1, -0.05) is 88.7 Å². The van der Waals surface area contributed by atoms with Crippen LogP contribution in [0.3, 0.4) is 0 Å². The molecule has 0 radical (unpaired) electrons. The van der Waals surface area contributed by atoms with E-state index >= 15 is 0 Å². The minimum atomic E-state index is -1.41. The van der Waals surface area contributed by atoms with Gasteiger partial charge in [0.05, 0.1) is 0 Å². The van der Waals surface area contributed by atoms with E-state index < -0.39 is 8.80 Å². The number of allylic oxidation sites excluding steroid dienone is 4. The van der Waals surface area contributed by atoms with Crippen LogP contribution >= 0.6 is 0 Å². The van der Waals surface area contributed by atoms with E-state index in [1.807, 2.05) is 12.1 Å². The first kappa shape index (κ1) is 19.6. The lowest BCUT2D eigenvalue weighted by Gasteiger charge is -2.25. The molecular weight excluding hydrogens is 371 g/mol. The standard InChI is InChI=1S/C27H27FSi/c1-19-20(2)26(27(21(19)3)22-14-16-23(28)17-15-22)18-29(24-10-6-4-7-11-24)25-12-8-5-9-13-25/h4-17,26,29H,18H2,1-3H3. The molecule has 0 heterocycles. The maximum Gasteiger partial charge on any atom is 0.123 e. The quantitative estimate of drug-likeness (QED) is 0.490. The van der Waals surface area contributed by atoms with E-state index in [-0.39, 0.29) is 5.82 Å². The van der Waals surface area contributed by atoms with Crippen LogP contribution in [-0.4, -0.2) is 8.80 Å². The molecule has 0 spiro atoms. The van der Waals surface area contributed by atoms with Gasteiger partial charge in [0.15, 0.2) is 0 Å². The van der Waals surface area contributed by atoms with Gasteiger partial charge in [0, 0.05) is 5.92 Å². The molecule has 146 valence electrons. The van der Waals surface area contributed by atoms with Crippen LogP contribution < -0.4 is 10.4 Å². The van der Waals surface area contributed by atoms with Gasteiger partial charge in [-0.05, 0) is 61.2 Å². The Morgan fingerprint density at radius 1 is 0.690 bits per heavy atom. The zero-order valence-corrected chi connectivity index (χ0v) is 18.5. The number of halogens is 1. The van der Waals surface area contributed by atoms with Gasteiger partial charge < -0.3 is 0 Å². The van der Waals surface area contributed by atoms with Crippen molar-refractivity contribution in [3.8, 4) is 0 Å². The van der Waals surface area contributed by atoms with Gasteiger partial charge in [-0.2, -0.15) is 0 Å². The van der Waals surface area contributed by atoms with Crippen LogP contribution in [0.15, 0.2) is 102 Å². The highest BCUT2D eigenvalue weighted by atomic mass is 28.3. The first-order chi connectivity index (χ1) is 14.1. The van der Waals surface area contributed by atoms with E-state index in [4.69, 9.17) is 0 Å². The van der Waals surface area contributed by atoms with E-state index in [1.54, 1.807) is 12.1 Å². The lowest BCUT2D eigenvalue weighted by molar-refractivity contribution is 0.627. The third kappa shape index (κ3) is 3.90. The molecule has 0 N–H and O–H groups in total. The van der Waals surface area contributed by atoms with E-state index in [0.29, 0.717) is 5.92 Å². The second-order valence-corrected chi connectivity index (χ2v) is 10.9. The van der Waals surface area contributed by atoms with E-state index in [1.165, 1.54) is 32.7 Å². The summed E-state index contributed by atoms with van der Waals surface area (Å²) < 4.78 is 13.6. The van der Waals surface area contributed by atoms with Gasteiger partial charge in [-0.15, -0.1) is 0 Å². The molecule has 1 aliphatic rings. The van der Waals surface area contributed by atoms with Crippen molar-refractivity contribution in [2.24, 2.45) is 5.92 Å². The topological polar surface area (TPSA) is 0 Å². The molecule has 3 aromatic carbocycles. The third-order valence-corrected chi connectivity index (χ3v) is 9.78. The molecule has 0 aromatic heterocycles. The molecule has 0 fully saturated rings.